The molecule has 0 spiro atoms. The third-order valence-corrected chi connectivity index (χ3v) is 4.08. The minimum absolute atomic E-state index is 0.209. The number of likely N-dealkylation sites (tertiary alicyclic amines) is 1. The SMILES string of the molecule is NCCC1CCN(C(=O)CCc2ccc(F)cc2)CC1. The lowest BCUT2D eigenvalue weighted by atomic mass is 9.93. The predicted octanol–water partition coefficient (Wildman–Crippen LogP) is 2.35. The monoisotopic (exact) mass is 278 g/mol. The molecule has 1 amide bonds. The van der Waals surface area contributed by atoms with Crippen molar-refractivity contribution < 1.29 is 9.18 Å². The summed E-state index contributed by atoms with van der Waals surface area (Å²) in [4.78, 5) is 14.1. The first-order valence-electron chi connectivity index (χ1n) is 7.41. The number of hydrogen-bond donors (Lipinski definition) is 1. The molecule has 0 aromatic heterocycles. The highest BCUT2D eigenvalue weighted by Gasteiger charge is 2.21. The molecule has 4 heteroatoms. The van der Waals surface area contributed by atoms with Gasteiger partial charge in [0.1, 0.15) is 5.82 Å². The average Bonchev–Trinajstić information content (AvgIpc) is 2.47. The number of hydrogen-bond acceptors (Lipinski definition) is 2. The first kappa shape index (κ1) is 15.0. The van der Waals surface area contributed by atoms with Gasteiger partial charge in [-0.05, 0) is 55.8 Å². The Bertz CT molecular complexity index is 425. The van der Waals surface area contributed by atoms with E-state index in [0.717, 1.165) is 44.5 Å². The molecule has 3 nitrogen and oxygen atoms in total. The maximum absolute atomic E-state index is 12.8. The van der Waals surface area contributed by atoms with Gasteiger partial charge in [-0.2, -0.15) is 0 Å². The van der Waals surface area contributed by atoms with Gasteiger partial charge >= 0.3 is 0 Å². The zero-order chi connectivity index (χ0) is 14.4. The number of nitrogens with two attached hydrogens (primary N) is 1. The van der Waals surface area contributed by atoms with Crippen molar-refractivity contribution in [2.45, 2.75) is 32.1 Å². The summed E-state index contributed by atoms with van der Waals surface area (Å²) in [6, 6.07) is 6.38. The van der Waals surface area contributed by atoms with E-state index in [2.05, 4.69) is 0 Å². The Kier molecular flexibility index (Phi) is 5.53. The van der Waals surface area contributed by atoms with Crippen LogP contribution in [0.25, 0.3) is 0 Å². The van der Waals surface area contributed by atoms with E-state index >= 15 is 0 Å². The lowest BCUT2D eigenvalue weighted by Crippen LogP contribution is -2.38. The summed E-state index contributed by atoms with van der Waals surface area (Å²) >= 11 is 0. The van der Waals surface area contributed by atoms with Gasteiger partial charge in [0.2, 0.25) is 5.91 Å². The van der Waals surface area contributed by atoms with Crippen LogP contribution in [-0.2, 0) is 11.2 Å². The fraction of sp³-hybridized carbons (Fsp3) is 0.562. The number of rotatable bonds is 5. The van der Waals surface area contributed by atoms with E-state index in [-0.39, 0.29) is 11.7 Å². The van der Waals surface area contributed by atoms with Crippen LogP contribution in [-0.4, -0.2) is 30.4 Å². The van der Waals surface area contributed by atoms with Gasteiger partial charge in [-0.25, -0.2) is 4.39 Å². The van der Waals surface area contributed by atoms with Crippen LogP contribution in [0.3, 0.4) is 0 Å². The molecule has 2 rings (SSSR count). The number of carbonyl (C=O) groups is 1. The molecule has 1 aliphatic rings. The lowest BCUT2D eigenvalue weighted by Gasteiger charge is -2.32. The van der Waals surface area contributed by atoms with E-state index < -0.39 is 0 Å². The molecule has 1 aromatic carbocycles. The van der Waals surface area contributed by atoms with E-state index in [9.17, 15) is 9.18 Å². The number of halogens is 1. The molecule has 110 valence electrons. The maximum Gasteiger partial charge on any atom is 0.222 e. The first-order valence-corrected chi connectivity index (χ1v) is 7.41. The molecular formula is C16H23FN2O. The van der Waals surface area contributed by atoms with Crippen molar-refractivity contribution in [3.63, 3.8) is 0 Å². The summed E-state index contributed by atoms with van der Waals surface area (Å²) in [5.41, 5.74) is 6.58. The van der Waals surface area contributed by atoms with E-state index in [4.69, 9.17) is 5.73 Å². The van der Waals surface area contributed by atoms with Crippen molar-refractivity contribution in [2.24, 2.45) is 11.7 Å². The van der Waals surface area contributed by atoms with Gasteiger partial charge in [-0.15, -0.1) is 0 Å². The first-order chi connectivity index (χ1) is 9.69. The molecule has 1 aromatic rings. The molecule has 0 atom stereocenters. The molecule has 1 aliphatic heterocycles. The minimum Gasteiger partial charge on any atom is -0.343 e. The second kappa shape index (κ2) is 7.39. The van der Waals surface area contributed by atoms with Gasteiger partial charge < -0.3 is 10.6 Å². The summed E-state index contributed by atoms with van der Waals surface area (Å²) < 4.78 is 12.8. The highest BCUT2D eigenvalue weighted by atomic mass is 19.1. The van der Waals surface area contributed by atoms with Crippen LogP contribution in [0, 0.1) is 11.7 Å². The topological polar surface area (TPSA) is 46.3 Å². The van der Waals surface area contributed by atoms with Gasteiger partial charge in [0, 0.05) is 19.5 Å². The van der Waals surface area contributed by atoms with Crippen LogP contribution in [0.5, 0.6) is 0 Å². The van der Waals surface area contributed by atoms with E-state index in [1.165, 1.54) is 12.1 Å². The summed E-state index contributed by atoms with van der Waals surface area (Å²) in [7, 11) is 0. The Morgan fingerprint density at radius 3 is 2.50 bits per heavy atom. The predicted molar refractivity (Wildman–Crippen MR) is 77.7 cm³/mol. The molecule has 0 unspecified atom stereocenters. The van der Waals surface area contributed by atoms with E-state index in [1.54, 1.807) is 12.1 Å². The Labute approximate surface area is 120 Å². The molecule has 1 saturated heterocycles. The van der Waals surface area contributed by atoms with Crippen molar-refractivity contribution in [1.82, 2.24) is 4.90 Å². The van der Waals surface area contributed by atoms with Crippen molar-refractivity contribution in [1.29, 1.82) is 0 Å². The summed E-state index contributed by atoms with van der Waals surface area (Å²) in [5.74, 6) is 0.656. The van der Waals surface area contributed by atoms with Crippen molar-refractivity contribution in [3.05, 3.63) is 35.6 Å². The molecule has 1 heterocycles. The zero-order valence-electron chi connectivity index (χ0n) is 11.9. The van der Waals surface area contributed by atoms with E-state index in [1.807, 2.05) is 4.90 Å². The highest BCUT2D eigenvalue weighted by Crippen LogP contribution is 2.20. The van der Waals surface area contributed by atoms with Crippen LogP contribution < -0.4 is 5.73 Å². The van der Waals surface area contributed by atoms with Crippen molar-refractivity contribution >= 4 is 5.91 Å². The number of amides is 1. The molecule has 0 radical (unpaired) electrons. The van der Waals surface area contributed by atoms with Crippen molar-refractivity contribution in [2.75, 3.05) is 19.6 Å². The largest absolute Gasteiger partial charge is 0.343 e. The van der Waals surface area contributed by atoms with Crippen LogP contribution in [0.4, 0.5) is 4.39 Å². The van der Waals surface area contributed by atoms with Gasteiger partial charge in [-0.1, -0.05) is 12.1 Å². The Hall–Kier alpha value is -1.42. The van der Waals surface area contributed by atoms with Crippen LogP contribution in [0.15, 0.2) is 24.3 Å². The summed E-state index contributed by atoms with van der Waals surface area (Å²) in [6.45, 7) is 2.45. The third-order valence-electron chi connectivity index (χ3n) is 4.08. The molecule has 1 fully saturated rings. The van der Waals surface area contributed by atoms with Crippen LogP contribution >= 0.6 is 0 Å². The Morgan fingerprint density at radius 1 is 1.25 bits per heavy atom. The number of piperidine rings is 1. The van der Waals surface area contributed by atoms with Crippen LogP contribution in [0.2, 0.25) is 0 Å². The average molecular weight is 278 g/mol. The zero-order valence-corrected chi connectivity index (χ0v) is 11.9. The highest BCUT2D eigenvalue weighted by molar-refractivity contribution is 5.76. The maximum atomic E-state index is 12.8. The second-order valence-electron chi connectivity index (χ2n) is 5.53. The molecule has 0 aliphatic carbocycles. The molecular weight excluding hydrogens is 255 g/mol. The molecule has 0 bridgehead atoms. The number of aryl methyl sites for hydroxylation is 1. The Balaban J connectivity index is 1.74. The Morgan fingerprint density at radius 2 is 1.90 bits per heavy atom. The van der Waals surface area contributed by atoms with E-state index in [0.29, 0.717) is 18.8 Å². The molecule has 20 heavy (non-hydrogen) atoms. The summed E-state index contributed by atoms with van der Waals surface area (Å²) in [6.07, 6.45) is 4.39. The minimum atomic E-state index is -0.234. The second-order valence-corrected chi connectivity index (χ2v) is 5.53. The van der Waals surface area contributed by atoms with Gasteiger partial charge in [0.05, 0.1) is 0 Å². The number of benzene rings is 1. The molecule has 0 saturated carbocycles. The van der Waals surface area contributed by atoms with Crippen molar-refractivity contribution in [3.8, 4) is 0 Å². The lowest BCUT2D eigenvalue weighted by molar-refractivity contribution is -0.132. The normalized spacial score (nSPS) is 16.4. The fourth-order valence-electron chi connectivity index (χ4n) is 2.77. The number of nitrogens with zero attached hydrogens (tertiary/aromatic N) is 1. The van der Waals surface area contributed by atoms with Crippen LogP contribution in [0.1, 0.15) is 31.2 Å². The van der Waals surface area contributed by atoms with Gasteiger partial charge in [0.15, 0.2) is 0 Å². The fourth-order valence-corrected chi connectivity index (χ4v) is 2.77. The molecule has 2 N–H and O–H groups in total. The van der Waals surface area contributed by atoms with Gasteiger partial charge in [-0.3, -0.25) is 4.79 Å². The third kappa shape index (κ3) is 4.30. The number of carbonyl (C=O) groups excluding carboxylic acids is 1. The standard InChI is InChI=1S/C16H23FN2O/c17-15-4-1-13(2-5-15)3-6-16(20)19-11-8-14(7-10-18)9-12-19/h1-2,4-5,14H,3,6-12,18H2. The summed E-state index contributed by atoms with van der Waals surface area (Å²) in [5, 5.41) is 0. The quantitative estimate of drug-likeness (QED) is 0.898. The van der Waals surface area contributed by atoms with Gasteiger partial charge in [0.25, 0.3) is 0 Å². The smallest absolute Gasteiger partial charge is 0.222 e.